The molecule has 0 aliphatic carbocycles. The molecule has 0 saturated carbocycles. The zero-order chi connectivity index (χ0) is 70.6. The third-order valence-electron chi connectivity index (χ3n) is 13.4. The summed E-state index contributed by atoms with van der Waals surface area (Å²) in [7, 11) is 0. The molecule has 0 rings (SSSR count). The predicted octanol–water partition coefficient (Wildman–Crippen LogP) is -9.96. The summed E-state index contributed by atoms with van der Waals surface area (Å²) in [5.74, 6) is -11.2. The predicted molar refractivity (Wildman–Crippen MR) is 351 cm³/mol. The first-order valence-corrected chi connectivity index (χ1v) is 30.5. The number of guanidine groups is 6. The van der Waals surface area contributed by atoms with Crippen LogP contribution in [0.2, 0.25) is 0 Å². The van der Waals surface area contributed by atoms with Crippen LogP contribution < -0.4 is 129 Å². The molecule has 0 fully saturated rings. The number of hydrogen-bond donors (Lipinski definition) is 24. The molecule has 528 valence electrons. The van der Waals surface area contributed by atoms with E-state index in [0.29, 0.717) is 19.3 Å². The number of nitrogens with zero attached hydrogens (tertiary/aromatic N) is 6. The van der Waals surface area contributed by atoms with Gasteiger partial charge in [0.05, 0.1) is 6.04 Å². The van der Waals surface area contributed by atoms with Crippen LogP contribution in [0.4, 0.5) is 0 Å². The number of nitrogens with one attached hydrogen (secondary N) is 8. The van der Waals surface area contributed by atoms with E-state index in [9.17, 15) is 53.1 Å². The molecule has 0 aromatic heterocycles. The van der Waals surface area contributed by atoms with Gasteiger partial charge in [0, 0.05) is 45.7 Å². The first-order valence-electron chi connectivity index (χ1n) is 30.5. The fourth-order valence-electron chi connectivity index (χ4n) is 8.71. The molecular weight excluding hydrogens is 1220 g/mol. The van der Waals surface area contributed by atoms with Crippen LogP contribution in [0.15, 0.2) is 30.0 Å². The maximum atomic E-state index is 14.6. The number of nitrogens with two attached hydrogens (primary N) is 15. The fourth-order valence-corrected chi connectivity index (χ4v) is 8.71. The summed E-state index contributed by atoms with van der Waals surface area (Å²) in [5.41, 5.74) is 83.2. The molecule has 9 atom stereocenters. The molecule has 0 radical (unpaired) electrons. The standard InChI is InChI=1S/C53H105N29O11/c1-28(2)27-37(82-44(89)30(12-3-4-20-54)75-39(84)29(55)11-5-21-69-48(57)58)46(91)79-33(15-8-24-72-51(63)64)41(86)76-32(14-7-23-71-50(61)62)42(87)80-35(18-19-38(56)83)45(90)78-31(13-6-22-70-49(59)60)40(85)77-34(16-9-25-73-52(65)66)43(88)81-36(47(92)93)17-10-26-74-53(67)68/h28-37H,3-27,54-55H2,1-2H3,(H2,56,83)(H,75,84)(H,76,86)(H,77,85)(H,78,90)(H,79,91)(H,80,87)(H,81,88)(H,82,89)(H,92,93)(H4,57,58,69)(H4,59,60,70)(H4,61,62,71)(H4,63,64,72)(H4,65,66,73)(H4,67,68,74)/t29-,30+,31+,32-,33+,34+,35+,36-,37+/m1/s1. The Morgan fingerprint density at radius 2 is 0.559 bits per heavy atom. The summed E-state index contributed by atoms with van der Waals surface area (Å²) in [5, 5.41) is 30.7. The zero-order valence-corrected chi connectivity index (χ0v) is 53.3. The number of rotatable bonds is 50. The normalized spacial score (nSPS) is 13.7. The molecule has 40 heteroatoms. The Kier molecular flexibility index (Phi) is 42.2. The van der Waals surface area contributed by atoms with Crippen molar-refractivity contribution in [2.75, 3.05) is 45.8 Å². The van der Waals surface area contributed by atoms with Gasteiger partial charge in [0.15, 0.2) is 35.8 Å². The summed E-state index contributed by atoms with van der Waals surface area (Å²) >= 11 is 0. The number of amides is 9. The average Bonchev–Trinajstić information content (AvgIpc) is 2.13. The molecule has 40 nitrogen and oxygen atoms in total. The van der Waals surface area contributed by atoms with Crippen molar-refractivity contribution in [1.29, 1.82) is 0 Å². The molecule has 9 amide bonds. The van der Waals surface area contributed by atoms with Crippen LogP contribution in [-0.4, -0.2) is 200 Å². The molecule has 0 unspecified atom stereocenters. The van der Waals surface area contributed by atoms with Crippen molar-refractivity contribution >= 4 is 94.9 Å². The summed E-state index contributed by atoms with van der Waals surface area (Å²) < 4.78 is 0. The molecule has 0 aliphatic heterocycles. The van der Waals surface area contributed by atoms with Crippen LogP contribution >= 0.6 is 0 Å². The van der Waals surface area contributed by atoms with Gasteiger partial charge in [0.1, 0.15) is 48.3 Å². The first kappa shape index (κ1) is 83.2. The number of carbonyl (C=O) groups is 10. The molecule has 0 aromatic carbocycles. The minimum absolute atomic E-state index is 0.0191. The molecule has 93 heavy (non-hydrogen) atoms. The lowest BCUT2D eigenvalue weighted by molar-refractivity contribution is -0.142. The van der Waals surface area contributed by atoms with Crippen LogP contribution in [-0.2, 0) is 47.9 Å². The third-order valence-corrected chi connectivity index (χ3v) is 13.4. The summed E-state index contributed by atoms with van der Waals surface area (Å²) in [6, 6.07) is -12.7. The second-order valence-electron chi connectivity index (χ2n) is 22.0. The van der Waals surface area contributed by atoms with E-state index in [2.05, 4.69) is 72.5 Å². The number of aliphatic imine (C=N–C) groups is 6. The number of aliphatic carboxylic acids is 1. The van der Waals surface area contributed by atoms with E-state index < -0.39 is 126 Å². The molecule has 0 saturated heterocycles. The van der Waals surface area contributed by atoms with Crippen LogP contribution in [0, 0.1) is 5.92 Å². The number of carboxylic acid groups (broad SMARTS) is 1. The molecule has 0 spiro atoms. The van der Waals surface area contributed by atoms with Crippen LogP contribution in [0.1, 0.15) is 129 Å². The highest BCUT2D eigenvalue weighted by Crippen LogP contribution is 2.13. The highest BCUT2D eigenvalue weighted by atomic mass is 16.4. The highest BCUT2D eigenvalue weighted by Gasteiger charge is 2.35. The van der Waals surface area contributed by atoms with Gasteiger partial charge >= 0.3 is 5.97 Å². The summed E-state index contributed by atoms with van der Waals surface area (Å²) in [6.45, 7) is 3.91. The molecule has 0 aromatic rings. The SMILES string of the molecule is CC(C)C[C@H](NC(=O)[C@H](CCCCN)NC(=O)[C@H](N)CCCN=C(N)N)C(=O)N[C@@H](CCCN=C(N)N)C(=O)N[C@H](CCCN=C(N)N)C(=O)N[C@@H](CCC(N)=O)C(=O)N[C@@H](CCCN=C(N)N)C(=O)N[C@@H](CCCN=C(N)N)C(=O)N[C@H](CCCN=C(N)N)C(=O)O. The van der Waals surface area contributed by atoms with Crippen molar-refractivity contribution in [2.45, 2.75) is 184 Å². The van der Waals surface area contributed by atoms with Crippen LogP contribution in [0.3, 0.4) is 0 Å². The van der Waals surface area contributed by atoms with Gasteiger partial charge < -0.3 is 134 Å². The van der Waals surface area contributed by atoms with E-state index >= 15 is 0 Å². The van der Waals surface area contributed by atoms with Gasteiger partial charge in [0.25, 0.3) is 0 Å². The molecule has 0 heterocycles. The fraction of sp³-hybridized carbons (Fsp3) is 0.698. The van der Waals surface area contributed by atoms with E-state index in [0.717, 1.165) is 0 Å². The number of unbranched alkanes of at least 4 members (excludes halogenated alkanes) is 1. The smallest absolute Gasteiger partial charge is 0.326 e. The lowest BCUT2D eigenvalue weighted by Crippen LogP contribution is -2.60. The maximum Gasteiger partial charge on any atom is 0.326 e. The van der Waals surface area contributed by atoms with Crippen molar-refractivity contribution in [1.82, 2.24) is 42.5 Å². The third kappa shape index (κ3) is 40.6. The van der Waals surface area contributed by atoms with Gasteiger partial charge in [-0.1, -0.05) is 13.8 Å². The van der Waals surface area contributed by atoms with Gasteiger partial charge in [-0.2, -0.15) is 0 Å². The second-order valence-corrected chi connectivity index (χ2v) is 22.0. The minimum atomic E-state index is -1.69. The van der Waals surface area contributed by atoms with Gasteiger partial charge in [-0.3, -0.25) is 73.1 Å². The van der Waals surface area contributed by atoms with Gasteiger partial charge in [-0.25, -0.2) is 4.79 Å². The van der Waals surface area contributed by atoms with Crippen molar-refractivity contribution in [2.24, 2.45) is 122 Å². The van der Waals surface area contributed by atoms with E-state index in [1.165, 1.54) is 0 Å². The Hall–Kier alpha value is -9.76. The van der Waals surface area contributed by atoms with E-state index in [1.54, 1.807) is 13.8 Å². The van der Waals surface area contributed by atoms with E-state index in [4.69, 9.17) is 86.0 Å². The number of primary amides is 1. The van der Waals surface area contributed by atoms with Crippen molar-refractivity contribution in [3.8, 4) is 0 Å². The Balaban J connectivity index is 7.42. The Labute approximate surface area is 540 Å². The average molecular weight is 1320 g/mol. The molecule has 0 aliphatic rings. The molecular formula is C53H105N29O11. The molecule has 0 bridgehead atoms. The number of carboxylic acids is 1. The van der Waals surface area contributed by atoms with E-state index in [-0.39, 0.29) is 171 Å². The van der Waals surface area contributed by atoms with Crippen molar-refractivity contribution < 1.29 is 53.1 Å². The van der Waals surface area contributed by atoms with Crippen LogP contribution in [0.5, 0.6) is 0 Å². The maximum absolute atomic E-state index is 14.6. The Morgan fingerprint density at radius 1 is 0.323 bits per heavy atom. The largest absolute Gasteiger partial charge is 0.480 e. The monoisotopic (exact) mass is 1320 g/mol. The lowest BCUT2D eigenvalue weighted by atomic mass is 10.0. The molecule has 39 N–H and O–H groups in total. The number of hydrogen-bond acceptors (Lipinski definition) is 18. The second kappa shape index (κ2) is 47.2. The van der Waals surface area contributed by atoms with Gasteiger partial charge in [0.2, 0.25) is 53.2 Å². The lowest BCUT2D eigenvalue weighted by Gasteiger charge is -2.28. The van der Waals surface area contributed by atoms with Crippen molar-refractivity contribution in [3.63, 3.8) is 0 Å². The van der Waals surface area contributed by atoms with Crippen LogP contribution in [0.25, 0.3) is 0 Å². The van der Waals surface area contributed by atoms with E-state index in [1.807, 2.05) is 0 Å². The topological polar surface area (TPSA) is 752 Å². The quantitative estimate of drug-likeness (QED) is 0.0153. The summed E-state index contributed by atoms with van der Waals surface area (Å²) in [6.07, 6.45) is 0.0203. The first-order chi connectivity index (χ1) is 43.8. The van der Waals surface area contributed by atoms with Gasteiger partial charge in [-0.15, -0.1) is 0 Å². The highest BCUT2D eigenvalue weighted by molar-refractivity contribution is 5.98. The van der Waals surface area contributed by atoms with Crippen molar-refractivity contribution in [3.05, 3.63) is 0 Å². The Bertz CT molecular complexity index is 2560. The number of carbonyl (C=O) groups excluding carboxylic acids is 9. The zero-order valence-electron chi connectivity index (χ0n) is 53.3. The minimum Gasteiger partial charge on any atom is -0.480 e. The Morgan fingerprint density at radius 3 is 0.828 bits per heavy atom. The summed E-state index contributed by atoms with van der Waals surface area (Å²) in [4.78, 5) is 162. The van der Waals surface area contributed by atoms with Gasteiger partial charge in [-0.05, 0) is 122 Å².